The van der Waals surface area contributed by atoms with E-state index in [9.17, 15) is 14.9 Å². The van der Waals surface area contributed by atoms with Gasteiger partial charge in [-0.05, 0) is 31.0 Å². The number of benzene rings is 2. The third-order valence-electron chi connectivity index (χ3n) is 4.72. The molecule has 1 aliphatic heterocycles. The zero-order valence-electron chi connectivity index (χ0n) is 16.3. The van der Waals surface area contributed by atoms with Gasteiger partial charge in [0.05, 0.1) is 27.1 Å². The number of aromatic nitrogens is 2. The van der Waals surface area contributed by atoms with Gasteiger partial charge in [-0.15, -0.1) is 10.2 Å². The average molecular weight is 460 g/mol. The topological polar surface area (TPSA) is 114 Å². The lowest BCUT2D eigenvalue weighted by Crippen LogP contribution is -2.22. The van der Waals surface area contributed by atoms with Crippen molar-refractivity contribution in [2.45, 2.75) is 18.1 Å². The fraction of sp³-hybridized carbons (Fsp3) is 0.250. The molecule has 2 heterocycles. The minimum absolute atomic E-state index is 0.0581. The van der Waals surface area contributed by atoms with Crippen LogP contribution in [0.4, 0.5) is 17.1 Å². The number of anilines is 2. The molecule has 0 unspecified atom stereocenters. The quantitative estimate of drug-likeness (QED) is 0.309. The standard InChI is InChI=1S/C20H18ClN5O4S/c21-15-7-4-8-16(18(15)25-9-1-2-10-25)22-17(27)12-31-20-24-23-19(30-20)13-5-3-6-14(11-13)26(28)29/h3-8,11H,1-2,9-10,12H2,(H,22,27). The van der Waals surface area contributed by atoms with Crippen LogP contribution in [0.1, 0.15) is 12.8 Å². The van der Waals surface area contributed by atoms with Crippen LogP contribution < -0.4 is 10.2 Å². The summed E-state index contributed by atoms with van der Waals surface area (Å²) in [5.74, 6) is -0.0247. The number of carbonyl (C=O) groups excluding carboxylic acids is 1. The predicted octanol–water partition coefficient (Wildman–Crippen LogP) is 4.63. The van der Waals surface area contributed by atoms with Crippen molar-refractivity contribution in [3.63, 3.8) is 0 Å². The highest BCUT2D eigenvalue weighted by atomic mass is 35.5. The van der Waals surface area contributed by atoms with Gasteiger partial charge >= 0.3 is 0 Å². The van der Waals surface area contributed by atoms with E-state index in [2.05, 4.69) is 20.4 Å². The number of nitro groups is 1. The predicted molar refractivity (Wildman–Crippen MR) is 119 cm³/mol. The molecule has 0 saturated carbocycles. The molecule has 1 amide bonds. The summed E-state index contributed by atoms with van der Waals surface area (Å²) in [5.41, 5.74) is 1.88. The van der Waals surface area contributed by atoms with Gasteiger partial charge in [0.25, 0.3) is 10.9 Å². The van der Waals surface area contributed by atoms with Crippen LogP contribution in [0, 0.1) is 10.1 Å². The molecule has 1 fully saturated rings. The molecular weight excluding hydrogens is 442 g/mol. The van der Waals surface area contributed by atoms with Gasteiger partial charge in [-0.25, -0.2) is 0 Å². The van der Waals surface area contributed by atoms with E-state index in [0.717, 1.165) is 43.4 Å². The molecule has 2 aromatic carbocycles. The first-order valence-electron chi connectivity index (χ1n) is 9.56. The molecule has 4 rings (SSSR count). The van der Waals surface area contributed by atoms with E-state index in [0.29, 0.717) is 16.3 Å². The smallest absolute Gasteiger partial charge is 0.277 e. The number of non-ortho nitro benzene ring substituents is 1. The van der Waals surface area contributed by atoms with Crippen molar-refractivity contribution in [3.05, 3.63) is 57.6 Å². The summed E-state index contributed by atoms with van der Waals surface area (Å²) in [6.45, 7) is 1.81. The number of halogens is 1. The van der Waals surface area contributed by atoms with Gasteiger partial charge in [0, 0.05) is 30.8 Å². The molecule has 1 saturated heterocycles. The maximum atomic E-state index is 12.5. The Morgan fingerprint density at radius 1 is 1.23 bits per heavy atom. The van der Waals surface area contributed by atoms with Crippen LogP contribution in [-0.4, -0.2) is 39.9 Å². The molecule has 1 aliphatic rings. The maximum absolute atomic E-state index is 12.5. The van der Waals surface area contributed by atoms with E-state index in [1.165, 1.54) is 12.1 Å². The second kappa shape index (κ2) is 9.36. The van der Waals surface area contributed by atoms with E-state index in [4.69, 9.17) is 16.0 Å². The Hall–Kier alpha value is -3.11. The second-order valence-corrected chi connectivity index (χ2v) is 8.18. The molecular formula is C20H18ClN5O4S. The van der Waals surface area contributed by atoms with Crippen molar-refractivity contribution in [2.24, 2.45) is 0 Å². The number of thioether (sulfide) groups is 1. The molecule has 11 heteroatoms. The highest BCUT2D eigenvalue weighted by Crippen LogP contribution is 2.36. The van der Waals surface area contributed by atoms with Gasteiger partial charge in [0.2, 0.25) is 11.8 Å². The highest BCUT2D eigenvalue weighted by molar-refractivity contribution is 7.99. The lowest BCUT2D eigenvalue weighted by Gasteiger charge is -2.22. The number of nitrogens with one attached hydrogen (secondary N) is 1. The summed E-state index contributed by atoms with van der Waals surface area (Å²) < 4.78 is 5.54. The summed E-state index contributed by atoms with van der Waals surface area (Å²) in [4.78, 5) is 25.1. The molecule has 0 atom stereocenters. The zero-order valence-corrected chi connectivity index (χ0v) is 17.9. The largest absolute Gasteiger partial charge is 0.411 e. The summed E-state index contributed by atoms with van der Waals surface area (Å²) in [7, 11) is 0. The van der Waals surface area contributed by atoms with Crippen LogP contribution in [0.25, 0.3) is 11.5 Å². The van der Waals surface area contributed by atoms with Crippen molar-refractivity contribution >= 4 is 46.3 Å². The second-order valence-electron chi connectivity index (χ2n) is 6.85. The number of para-hydroxylation sites is 1. The Morgan fingerprint density at radius 2 is 2.00 bits per heavy atom. The first-order chi connectivity index (χ1) is 15.0. The molecule has 0 radical (unpaired) electrons. The van der Waals surface area contributed by atoms with Crippen LogP contribution >= 0.6 is 23.4 Å². The Balaban J connectivity index is 1.40. The molecule has 1 aromatic heterocycles. The first kappa shape index (κ1) is 21.1. The van der Waals surface area contributed by atoms with Crippen LogP contribution in [-0.2, 0) is 4.79 Å². The van der Waals surface area contributed by atoms with Crippen molar-refractivity contribution in [3.8, 4) is 11.5 Å². The number of amides is 1. The third kappa shape index (κ3) is 4.97. The third-order valence-corrected chi connectivity index (χ3v) is 5.84. The van der Waals surface area contributed by atoms with Crippen LogP contribution in [0.2, 0.25) is 5.02 Å². The van der Waals surface area contributed by atoms with Gasteiger partial charge in [-0.1, -0.05) is 35.5 Å². The zero-order chi connectivity index (χ0) is 21.8. The average Bonchev–Trinajstić information content (AvgIpc) is 3.45. The highest BCUT2D eigenvalue weighted by Gasteiger charge is 2.20. The molecule has 0 bridgehead atoms. The molecule has 0 aliphatic carbocycles. The van der Waals surface area contributed by atoms with E-state index >= 15 is 0 Å². The van der Waals surface area contributed by atoms with Gasteiger partial charge in [-0.2, -0.15) is 0 Å². The Labute approximate surface area is 186 Å². The number of carbonyl (C=O) groups is 1. The van der Waals surface area contributed by atoms with Crippen LogP contribution in [0.5, 0.6) is 0 Å². The maximum Gasteiger partial charge on any atom is 0.277 e. The molecule has 9 nitrogen and oxygen atoms in total. The van der Waals surface area contributed by atoms with E-state index in [1.807, 2.05) is 12.1 Å². The minimum atomic E-state index is -0.494. The molecule has 31 heavy (non-hydrogen) atoms. The van der Waals surface area contributed by atoms with Crippen LogP contribution in [0.3, 0.4) is 0 Å². The van der Waals surface area contributed by atoms with Crippen molar-refractivity contribution in [1.29, 1.82) is 0 Å². The Kier molecular flexibility index (Phi) is 6.38. The monoisotopic (exact) mass is 459 g/mol. The number of rotatable bonds is 7. The Morgan fingerprint density at radius 3 is 2.77 bits per heavy atom. The van der Waals surface area contributed by atoms with Gasteiger partial charge in [0.15, 0.2) is 0 Å². The number of hydrogen-bond acceptors (Lipinski definition) is 8. The fourth-order valence-electron chi connectivity index (χ4n) is 3.33. The molecule has 1 N–H and O–H groups in total. The summed E-state index contributed by atoms with van der Waals surface area (Å²) in [5, 5.41) is 22.4. The van der Waals surface area contributed by atoms with Crippen LogP contribution in [0.15, 0.2) is 52.1 Å². The summed E-state index contributed by atoms with van der Waals surface area (Å²) >= 11 is 7.47. The minimum Gasteiger partial charge on any atom is -0.411 e. The lowest BCUT2D eigenvalue weighted by atomic mass is 10.2. The SMILES string of the molecule is O=C(CSc1nnc(-c2cccc([N+](=O)[O-])c2)o1)Nc1cccc(Cl)c1N1CCCC1. The van der Waals surface area contributed by atoms with Crippen molar-refractivity contribution in [1.82, 2.24) is 10.2 Å². The van der Waals surface area contributed by atoms with Gasteiger partial charge in [-0.3, -0.25) is 14.9 Å². The van der Waals surface area contributed by atoms with E-state index in [1.54, 1.807) is 18.2 Å². The van der Waals surface area contributed by atoms with E-state index < -0.39 is 4.92 Å². The Bertz CT molecular complexity index is 1120. The first-order valence-corrected chi connectivity index (χ1v) is 10.9. The molecule has 0 spiro atoms. The number of nitrogens with zero attached hydrogens (tertiary/aromatic N) is 4. The van der Waals surface area contributed by atoms with Gasteiger partial charge < -0.3 is 14.6 Å². The van der Waals surface area contributed by atoms with E-state index in [-0.39, 0.29) is 28.5 Å². The lowest BCUT2D eigenvalue weighted by molar-refractivity contribution is -0.384. The van der Waals surface area contributed by atoms with Gasteiger partial charge in [0.1, 0.15) is 0 Å². The summed E-state index contributed by atoms with van der Waals surface area (Å²) in [6, 6.07) is 11.4. The van der Waals surface area contributed by atoms with Crippen molar-refractivity contribution < 1.29 is 14.1 Å². The number of nitro benzene ring substituents is 1. The molecule has 160 valence electrons. The molecule has 3 aromatic rings. The fourth-order valence-corrected chi connectivity index (χ4v) is 4.19. The number of hydrogen-bond donors (Lipinski definition) is 1. The normalized spacial score (nSPS) is 13.4. The van der Waals surface area contributed by atoms with Crippen molar-refractivity contribution in [2.75, 3.05) is 29.1 Å². The summed E-state index contributed by atoms with van der Waals surface area (Å²) in [6.07, 6.45) is 2.19.